The van der Waals surface area contributed by atoms with Crippen molar-refractivity contribution in [2.75, 3.05) is 19.6 Å². The van der Waals surface area contributed by atoms with Gasteiger partial charge in [-0.25, -0.2) is 4.39 Å². The number of hydrogen-bond acceptors (Lipinski definition) is 5. The molecule has 2 aliphatic heterocycles. The predicted octanol–water partition coefficient (Wildman–Crippen LogP) is 2.80. The molecule has 1 amide bonds. The molecular weight excluding hydrogens is 373 g/mol. The van der Waals surface area contributed by atoms with Gasteiger partial charge in [-0.05, 0) is 37.1 Å². The maximum absolute atomic E-state index is 14.0. The number of hydrogen-bond donors (Lipinski definition) is 1. The van der Waals surface area contributed by atoms with Crippen LogP contribution in [-0.2, 0) is 13.1 Å². The van der Waals surface area contributed by atoms with Crippen molar-refractivity contribution in [1.82, 2.24) is 25.0 Å². The molecule has 1 N–H and O–H groups in total. The summed E-state index contributed by atoms with van der Waals surface area (Å²) < 4.78 is 21.9. The van der Waals surface area contributed by atoms with Gasteiger partial charge in [-0.2, -0.15) is 0 Å². The number of aromatic nitrogens is 3. The molecule has 8 heteroatoms. The average molecular weight is 395 g/mol. The number of amides is 1. The van der Waals surface area contributed by atoms with E-state index in [9.17, 15) is 9.18 Å². The maximum Gasteiger partial charge on any atom is 0.289 e. The number of carbonyl (C=O) groups is 1. The molecule has 1 fully saturated rings. The largest absolute Gasteiger partial charge is 0.451 e. The summed E-state index contributed by atoms with van der Waals surface area (Å²) in [7, 11) is 0. The van der Waals surface area contributed by atoms with Crippen molar-refractivity contribution in [2.45, 2.75) is 31.8 Å². The Bertz CT molecular complexity index is 1040. The van der Waals surface area contributed by atoms with Gasteiger partial charge in [0.2, 0.25) is 0 Å². The minimum atomic E-state index is -0.367. The van der Waals surface area contributed by atoms with E-state index >= 15 is 0 Å². The number of benzene rings is 1. The Hall–Kier alpha value is -3.00. The lowest BCUT2D eigenvalue weighted by atomic mass is 9.95. The summed E-state index contributed by atoms with van der Waals surface area (Å²) in [6.45, 7) is 3.85. The fraction of sp³-hybridized carbons (Fsp3) is 0.381. The molecule has 2 aliphatic rings. The Morgan fingerprint density at radius 2 is 1.93 bits per heavy atom. The van der Waals surface area contributed by atoms with E-state index in [1.54, 1.807) is 35.2 Å². The van der Waals surface area contributed by atoms with Crippen LogP contribution in [-0.4, -0.2) is 45.2 Å². The van der Waals surface area contributed by atoms with E-state index in [0.717, 1.165) is 44.1 Å². The van der Waals surface area contributed by atoms with Crippen LogP contribution >= 0.6 is 0 Å². The van der Waals surface area contributed by atoms with E-state index in [2.05, 4.69) is 20.1 Å². The molecular formula is C21H22FN5O2. The van der Waals surface area contributed by atoms with Crippen LogP contribution in [0.5, 0.6) is 0 Å². The molecule has 0 unspecified atom stereocenters. The molecule has 0 radical (unpaired) electrons. The second-order valence-electron chi connectivity index (χ2n) is 7.51. The monoisotopic (exact) mass is 395 g/mol. The Labute approximate surface area is 167 Å². The molecule has 0 bridgehead atoms. The first-order valence-electron chi connectivity index (χ1n) is 9.97. The maximum atomic E-state index is 14.0. The number of piperidine rings is 1. The molecule has 4 heterocycles. The highest BCUT2D eigenvalue weighted by Crippen LogP contribution is 2.30. The fourth-order valence-corrected chi connectivity index (χ4v) is 4.17. The number of halogens is 1. The summed E-state index contributed by atoms with van der Waals surface area (Å²) in [6.07, 6.45) is 1.69. The van der Waals surface area contributed by atoms with Crippen LogP contribution in [0.4, 0.5) is 4.39 Å². The minimum Gasteiger partial charge on any atom is -0.451 e. The quantitative estimate of drug-likeness (QED) is 0.738. The van der Waals surface area contributed by atoms with E-state index in [-0.39, 0.29) is 17.5 Å². The van der Waals surface area contributed by atoms with Crippen LogP contribution in [0.25, 0.3) is 11.3 Å². The standard InChI is InChI=1S/C21H22FN5O2/c22-16-4-2-1-3-15(16)17-5-6-18(29-17)21(28)26-10-7-14(8-11-26)20-25-24-19-13-23-9-12-27(19)20/h1-6,14,23H,7-13H2. The Kier molecular flexibility index (Phi) is 4.63. The van der Waals surface area contributed by atoms with Gasteiger partial charge in [-0.3, -0.25) is 4.79 Å². The third-order valence-electron chi connectivity index (χ3n) is 5.75. The molecule has 150 valence electrons. The lowest BCUT2D eigenvalue weighted by molar-refractivity contribution is 0.0679. The second-order valence-corrected chi connectivity index (χ2v) is 7.51. The normalized spacial score (nSPS) is 17.3. The van der Waals surface area contributed by atoms with Gasteiger partial charge in [0, 0.05) is 32.1 Å². The molecule has 0 saturated carbocycles. The highest BCUT2D eigenvalue weighted by Gasteiger charge is 2.30. The number of furan rings is 1. The van der Waals surface area contributed by atoms with Crippen molar-refractivity contribution < 1.29 is 13.6 Å². The van der Waals surface area contributed by atoms with E-state index in [4.69, 9.17) is 4.42 Å². The van der Waals surface area contributed by atoms with Gasteiger partial charge in [-0.15, -0.1) is 10.2 Å². The lowest BCUT2D eigenvalue weighted by Crippen LogP contribution is -2.38. The zero-order chi connectivity index (χ0) is 19.8. The molecule has 2 aromatic heterocycles. The second kappa shape index (κ2) is 7.44. The van der Waals surface area contributed by atoms with Crippen LogP contribution in [0.3, 0.4) is 0 Å². The van der Waals surface area contributed by atoms with Gasteiger partial charge in [0.25, 0.3) is 5.91 Å². The molecule has 3 aromatic rings. The van der Waals surface area contributed by atoms with Gasteiger partial charge in [0.1, 0.15) is 23.2 Å². The molecule has 7 nitrogen and oxygen atoms in total. The summed E-state index contributed by atoms with van der Waals surface area (Å²) in [6, 6.07) is 9.66. The van der Waals surface area contributed by atoms with E-state index in [1.165, 1.54) is 6.07 Å². The van der Waals surface area contributed by atoms with E-state index < -0.39 is 0 Å². The summed E-state index contributed by atoms with van der Waals surface area (Å²) in [4.78, 5) is 14.7. The van der Waals surface area contributed by atoms with Crippen molar-refractivity contribution in [2.24, 2.45) is 0 Å². The first-order chi connectivity index (χ1) is 14.2. The Morgan fingerprint density at radius 3 is 2.76 bits per heavy atom. The number of likely N-dealkylation sites (tertiary alicyclic amines) is 1. The summed E-state index contributed by atoms with van der Waals surface area (Å²) in [5, 5.41) is 12.0. The SMILES string of the molecule is O=C(c1ccc(-c2ccccc2F)o1)N1CCC(c2nnc3n2CCNC3)CC1. The van der Waals surface area contributed by atoms with Crippen LogP contribution in [0.15, 0.2) is 40.8 Å². The summed E-state index contributed by atoms with van der Waals surface area (Å²) >= 11 is 0. The van der Waals surface area contributed by atoms with Crippen LogP contribution in [0.2, 0.25) is 0 Å². The average Bonchev–Trinajstić information content (AvgIpc) is 3.41. The van der Waals surface area contributed by atoms with Gasteiger partial charge < -0.3 is 19.2 Å². The van der Waals surface area contributed by atoms with Gasteiger partial charge in [-0.1, -0.05) is 12.1 Å². The number of rotatable bonds is 3. The molecule has 1 aromatic carbocycles. The third kappa shape index (κ3) is 3.33. The van der Waals surface area contributed by atoms with E-state index in [1.807, 2.05) is 0 Å². The summed E-state index contributed by atoms with van der Waals surface area (Å²) in [5.74, 6) is 2.42. The number of nitrogens with one attached hydrogen (secondary N) is 1. The zero-order valence-corrected chi connectivity index (χ0v) is 16.0. The lowest BCUT2D eigenvalue weighted by Gasteiger charge is -2.31. The molecule has 0 spiro atoms. The van der Waals surface area contributed by atoms with Crippen LogP contribution in [0, 0.1) is 5.82 Å². The predicted molar refractivity (Wildman–Crippen MR) is 104 cm³/mol. The van der Waals surface area contributed by atoms with Crippen molar-refractivity contribution in [3.05, 3.63) is 59.6 Å². The summed E-state index contributed by atoms with van der Waals surface area (Å²) in [5.41, 5.74) is 0.358. The van der Waals surface area contributed by atoms with Crippen molar-refractivity contribution in [3.63, 3.8) is 0 Å². The first kappa shape index (κ1) is 18.1. The Balaban J connectivity index is 1.26. The third-order valence-corrected chi connectivity index (χ3v) is 5.75. The molecule has 1 saturated heterocycles. The van der Waals surface area contributed by atoms with Gasteiger partial charge in [0.15, 0.2) is 5.76 Å². The minimum absolute atomic E-state index is 0.154. The molecule has 29 heavy (non-hydrogen) atoms. The topological polar surface area (TPSA) is 76.2 Å². The Morgan fingerprint density at radius 1 is 1.10 bits per heavy atom. The highest BCUT2D eigenvalue weighted by atomic mass is 19.1. The highest BCUT2D eigenvalue weighted by molar-refractivity contribution is 5.92. The van der Waals surface area contributed by atoms with Crippen molar-refractivity contribution >= 4 is 5.91 Å². The zero-order valence-electron chi connectivity index (χ0n) is 16.0. The fourth-order valence-electron chi connectivity index (χ4n) is 4.17. The first-order valence-corrected chi connectivity index (χ1v) is 9.97. The van der Waals surface area contributed by atoms with Crippen molar-refractivity contribution in [3.8, 4) is 11.3 Å². The number of fused-ring (bicyclic) bond motifs is 1. The molecule has 5 rings (SSSR count). The molecule has 0 aliphatic carbocycles. The smallest absolute Gasteiger partial charge is 0.289 e. The van der Waals surface area contributed by atoms with Crippen molar-refractivity contribution in [1.29, 1.82) is 0 Å². The number of nitrogens with zero attached hydrogens (tertiary/aromatic N) is 4. The number of carbonyl (C=O) groups excluding carboxylic acids is 1. The van der Waals surface area contributed by atoms with E-state index in [0.29, 0.717) is 30.3 Å². The molecule has 0 atom stereocenters. The van der Waals surface area contributed by atoms with Crippen LogP contribution < -0.4 is 5.32 Å². The van der Waals surface area contributed by atoms with Gasteiger partial charge in [0.05, 0.1) is 12.1 Å². The van der Waals surface area contributed by atoms with Crippen LogP contribution in [0.1, 0.15) is 41.0 Å². The van der Waals surface area contributed by atoms with Gasteiger partial charge >= 0.3 is 0 Å².